The first-order chi connectivity index (χ1) is 8.05. The molecule has 0 bridgehead atoms. The molecule has 2 rings (SSSR count). The van der Waals surface area contributed by atoms with Gasteiger partial charge in [-0.25, -0.2) is 0 Å². The maximum absolute atomic E-state index is 12.0. The first-order valence-corrected chi connectivity index (χ1v) is 5.86. The van der Waals surface area contributed by atoms with Crippen LogP contribution < -0.4 is 0 Å². The van der Waals surface area contributed by atoms with Gasteiger partial charge in [0.25, 0.3) is 0 Å². The van der Waals surface area contributed by atoms with Crippen LogP contribution in [0.4, 0.5) is 0 Å². The fraction of sp³-hybridized carbons (Fsp3) is 0.538. The normalized spacial score (nSPS) is 23.1. The van der Waals surface area contributed by atoms with Crippen molar-refractivity contribution in [3.05, 3.63) is 30.1 Å². The molecule has 1 unspecified atom stereocenters. The van der Waals surface area contributed by atoms with Crippen molar-refractivity contribution in [2.45, 2.75) is 32.4 Å². The lowest BCUT2D eigenvalue weighted by Gasteiger charge is -2.35. The lowest BCUT2D eigenvalue weighted by Crippen LogP contribution is -2.44. The molecule has 0 spiro atoms. The molecule has 0 radical (unpaired) electrons. The minimum absolute atomic E-state index is 0.0201. The second kappa shape index (κ2) is 4.45. The Balaban J connectivity index is 2.18. The third-order valence-electron chi connectivity index (χ3n) is 3.70. The average molecular weight is 234 g/mol. The maximum atomic E-state index is 12.0. The van der Waals surface area contributed by atoms with Gasteiger partial charge in [0.15, 0.2) is 0 Å². The Bertz CT molecular complexity index is 403. The number of carbonyl (C=O) groups excluding carboxylic acids is 1. The number of aliphatic hydroxyl groups excluding tert-OH is 1. The highest BCUT2D eigenvalue weighted by Gasteiger charge is 2.45. The molecule has 0 aliphatic carbocycles. The molecule has 0 aromatic carbocycles. The Morgan fingerprint density at radius 1 is 1.59 bits per heavy atom. The molecule has 2 heterocycles. The summed E-state index contributed by atoms with van der Waals surface area (Å²) in [6, 6.07) is 3.83. The Labute approximate surface area is 101 Å². The van der Waals surface area contributed by atoms with Crippen LogP contribution in [0.25, 0.3) is 0 Å². The lowest BCUT2D eigenvalue weighted by molar-refractivity contribution is -0.131. The van der Waals surface area contributed by atoms with Crippen molar-refractivity contribution >= 4 is 5.91 Å². The summed E-state index contributed by atoms with van der Waals surface area (Å²) >= 11 is 0. The van der Waals surface area contributed by atoms with E-state index in [2.05, 4.69) is 4.98 Å². The van der Waals surface area contributed by atoms with Crippen molar-refractivity contribution in [3.63, 3.8) is 0 Å². The fourth-order valence-corrected chi connectivity index (χ4v) is 2.37. The monoisotopic (exact) mass is 234 g/mol. The van der Waals surface area contributed by atoms with Gasteiger partial charge in [-0.2, -0.15) is 0 Å². The van der Waals surface area contributed by atoms with Gasteiger partial charge < -0.3 is 10.0 Å². The molecule has 4 nitrogen and oxygen atoms in total. The summed E-state index contributed by atoms with van der Waals surface area (Å²) in [6.07, 6.45) is 3.93. The van der Waals surface area contributed by atoms with Crippen molar-refractivity contribution < 1.29 is 9.90 Å². The first kappa shape index (κ1) is 12.0. The van der Waals surface area contributed by atoms with E-state index in [1.165, 1.54) is 0 Å². The van der Waals surface area contributed by atoms with Crippen LogP contribution >= 0.6 is 0 Å². The zero-order valence-electron chi connectivity index (χ0n) is 10.3. The van der Waals surface area contributed by atoms with Gasteiger partial charge in [0.05, 0.1) is 0 Å². The number of aliphatic hydroxyl groups is 1. The van der Waals surface area contributed by atoms with Crippen molar-refractivity contribution in [1.29, 1.82) is 0 Å². The van der Waals surface area contributed by atoms with Gasteiger partial charge in [-0.3, -0.25) is 9.78 Å². The van der Waals surface area contributed by atoms with E-state index in [9.17, 15) is 9.90 Å². The van der Waals surface area contributed by atoms with E-state index in [1.54, 1.807) is 12.4 Å². The highest BCUT2D eigenvalue weighted by Crippen LogP contribution is 2.36. The Morgan fingerprint density at radius 3 is 2.88 bits per heavy atom. The van der Waals surface area contributed by atoms with Crippen LogP contribution in [0.3, 0.4) is 0 Å². The predicted octanol–water partition coefficient (Wildman–Crippen LogP) is 1.20. The minimum Gasteiger partial charge on any atom is -0.396 e. The molecular weight excluding hydrogens is 216 g/mol. The van der Waals surface area contributed by atoms with Gasteiger partial charge in [0.2, 0.25) is 5.91 Å². The molecule has 1 aliphatic heterocycles. The number of hydrogen-bond acceptors (Lipinski definition) is 3. The highest BCUT2D eigenvalue weighted by atomic mass is 16.3. The number of pyridine rings is 1. The Kier molecular flexibility index (Phi) is 3.15. The SMILES string of the molecule is CC1(C)C(CO)CC(=O)N1Cc1cccnc1. The zero-order chi connectivity index (χ0) is 12.5. The molecule has 1 fully saturated rings. The van der Waals surface area contributed by atoms with Crippen LogP contribution in [0.15, 0.2) is 24.5 Å². The summed E-state index contributed by atoms with van der Waals surface area (Å²) < 4.78 is 0. The summed E-state index contributed by atoms with van der Waals surface area (Å²) in [7, 11) is 0. The number of nitrogens with zero attached hydrogens (tertiary/aromatic N) is 2. The molecule has 1 saturated heterocycles. The molecule has 4 heteroatoms. The van der Waals surface area contributed by atoms with E-state index in [4.69, 9.17) is 0 Å². The van der Waals surface area contributed by atoms with Gasteiger partial charge >= 0.3 is 0 Å². The number of hydrogen-bond donors (Lipinski definition) is 1. The standard InChI is InChI=1S/C13H18N2O2/c1-13(2)11(9-16)6-12(17)15(13)8-10-4-3-5-14-7-10/h3-5,7,11,16H,6,8-9H2,1-2H3. The minimum atomic E-state index is -0.290. The average Bonchev–Trinajstić information content (AvgIpc) is 2.53. The molecule has 92 valence electrons. The van der Waals surface area contributed by atoms with Crippen molar-refractivity contribution in [3.8, 4) is 0 Å². The third-order valence-corrected chi connectivity index (χ3v) is 3.70. The molecule has 1 amide bonds. The molecule has 1 N–H and O–H groups in total. The van der Waals surface area contributed by atoms with E-state index in [0.717, 1.165) is 5.56 Å². The number of likely N-dealkylation sites (tertiary alicyclic amines) is 1. The predicted molar refractivity (Wildman–Crippen MR) is 64.1 cm³/mol. The second-order valence-corrected chi connectivity index (χ2v) is 5.08. The number of amides is 1. The van der Waals surface area contributed by atoms with E-state index >= 15 is 0 Å². The molecule has 17 heavy (non-hydrogen) atoms. The van der Waals surface area contributed by atoms with Crippen molar-refractivity contribution in [1.82, 2.24) is 9.88 Å². The zero-order valence-corrected chi connectivity index (χ0v) is 10.3. The van der Waals surface area contributed by atoms with Crippen LogP contribution in [-0.2, 0) is 11.3 Å². The van der Waals surface area contributed by atoms with E-state index in [0.29, 0.717) is 13.0 Å². The van der Waals surface area contributed by atoms with E-state index < -0.39 is 0 Å². The Morgan fingerprint density at radius 2 is 2.35 bits per heavy atom. The van der Waals surface area contributed by atoms with Crippen molar-refractivity contribution in [2.75, 3.05) is 6.61 Å². The van der Waals surface area contributed by atoms with Crippen LogP contribution in [0.2, 0.25) is 0 Å². The molecule has 0 saturated carbocycles. The van der Waals surface area contributed by atoms with Gasteiger partial charge in [-0.15, -0.1) is 0 Å². The number of rotatable bonds is 3. The molecule has 1 aliphatic rings. The lowest BCUT2D eigenvalue weighted by atomic mass is 9.89. The quantitative estimate of drug-likeness (QED) is 0.855. The van der Waals surface area contributed by atoms with Crippen LogP contribution in [0.1, 0.15) is 25.8 Å². The van der Waals surface area contributed by atoms with E-state index in [1.807, 2.05) is 30.9 Å². The molecule has 1 aromatic rings. The number of aromatic nitrogens is 1. The topological polar surface area (TPSA) is 53.4 Å². The molecular formula is C13H18N2O2. The van der Waals surface area contributed by atoms with Gasteiger partial charge in [0, 0.05) is 43.4 Å². The molecule has 1 aromatic heterocycles. The van der Waals surface area contributed by atoms with Gasteiger partial charge in [-0.05, 0) is 25.5 Å². The third kappa shape index (κ3) is 2.17. The largest absolute Gasteiger partial charge is 0.396 e. The van der Waals surface area contributed by atoms with Gasteiger partial charge in [-0.1, -0.05) is 6.07 Å². The summed E-state index contributed by atoms with van der Waals surface area (Å²) in [5, 5.41) is 9.31. The van der Waals surface area contributed by atoms with Crippen LogP contribution in [-0.4, -0.2) is 33.0 Å². The summed E-state index contributed by atoms with van der Waals surface area (Å²) in [5.41, 5.74) is 0.731. The maximum Gasteiger partial charge on any atom is 0.223 e. The van der Waals surface area contributed by atoms with Crippen molar-refractivity contribution in [2.24, 2.45) is 5.92 Å². The molecule has 1 atom stereocenters. The summed E-state index contributed by atoms with van der Waals surface area (Å²) in [6.45, 7) is 4.64. The second-order valence-electron chi connectivity index (χ2n) is 5.08. The fourth-order valence-electron chi connectivity index (χ4n) is 2.37. The summed E-state index contributed by atoms with van der Waals surface area (Å²) in [4.78, 5) is 17.8. The van der Waals surface area contributed by atoms with Crippen LogP contribution in [0, 0.1) is 5.92 Å². The smallest absolute Gasteiger partial charge is 0.223 e. The summed E-state index contributed by atoms with van der Waals surface area (Å²) in [5.74, 6) is 0.129. The van der Waals surface area contributed by atoms with E-state index in [-0.39, 0.29) is 24.0 Å². The Hall–Kier alpha value is -1.42. The first-order valence-electron chi connectivity index (χ1n) is 5.86. The number of carbonyl (C=O) groups is 1. The highest BCUT2D eigenvalue weighted by molar-refractivity contribution is 5.80. The van der Waals surface area contributed by atoms with Crippen LogP contribution in [0.5, 0.6) is 0 Å². The van der Waals surface area contributed by atoms with Gasteiger partial charge in [0.1, 0.15) is 0 Å².